The van der Waals surface area contributed by atoms with E-state index in [-0.39, 0.29) is 5.54 Å². The number of para-hydroxylation sites is 1. The maximum Gasteiger partial charge on any atom is 0.239 e. The van der Waals surface area contributed by atoms with Gasteiger partial charge in [0.1, 0.15) is 5.82 Å². The number of hydrogen-bond acceptors (Lipinski definition) is 5. The largest absolute Gasteiger partial charge is 0.354 e. The van der Waals surface area contributed by atoms with E-state index >= 15 is 0 Å². The van der Waals surface area contributed by atoms with Crippen LogP contribution in [0.15, 0.2) is 24.3 Å². The fourth-order valence-corrected chi connectivity index (χ4v) is 1.90. The maximum atomic E-state index is 5.46. The molecule has 0 spiro atoms. The van der Waals surface area contributed by atoms with Gasteiger partial charge in [0, 0.05) is 18.0 Å². The monoisotopic (exact) mass is 259 g/mol. The van der Waals surface area contributed by atoms with Crippen molar-refractivity contribution in [3.8, 4) is 0 Å². The Morgan fingerprint density at radius 3 is 2.58 bits per heavy atom. The Bertz CT molecular complexity index is 579. The number of nitrogens with one attached hydrogen (secondary N) is 1. The number of nitrogen functional groups attached to an aromatic ring is 1. The lowest BCUT2D eigenvalue weighted by molar-refractivity contribution is 0.468. The molecule has 3 N–H and O–H groups in total. The van der Waals surface area contributed by atoms with Crippen LogP contribution in [0.2, 0.25) is 0 Å². The number of fused-ring (bicyclic) bond motifs is 1. The molecule has 5 heteroatoms. The quantitative estimate of drug-likeness (QED) is 0.652. The predicted molar refractivity (Wildman–Crippen MR) is 80.1 cm³/mol. The lowest BCUT2D eigenvalue weighted by Gasteiger charge is -2.36. The average molecular weight is 259 g/mol. The number of rotatable bonds is 4. The van der Waals surface area contributed by atoms with Crippen molar-refractivity contribution in [1.29, 1.82) is 0 Å². The molecule has 19 heavy (non-hydrogen) atoms. The van der Waals surface area contributed by atoms with Gasteiger partial charge in [0.2, 0.25) is 5.95 Å². The number of aromatic nitrogens is 2. The lowest BCUT2D eigenvalue weighted by atomic mass is 9.99. The van der Waals surface area contributed by atoms with E-state index in [4.69, 9.17) is 5.84 Å². The number of hydrazine groups is 1. The molecule has 1 aromatic heterocycles. The fourth-order valence-electron chi connectivity index (χ4n) is 1.90. The third kappa shape index (κ3) is 2.46. The summed E-state index contributed by atoms with van der Waals surface area (Å²) >= 11 is 0. The molecule has 0 bridgehead atoms. The molecule has 1 heterocycles. The molecule has 5 nitrogen and oxygen atoms in total. The van der Waals surface area contributed by atoms with E-state index in [1.54, 1.807) is 0 Å². The van der Waals surface area contributed by atoms with Crippen LogP contribution >= 0.6 is 0 Å². The summed E-state index contributed by atoms with van der Waals surface area (Å²) < 4.78 is 0. The van der Waals surface area contributed by atoms with Crippen molar-refractivity contribution < 1.29 is 0 Å². The van der Waals surface area contributed by atoms with Crippen molar-refractivity contribution in [2.45, 2.75) is 32.7 Å². The van der Waals surface area contributed by atoms with E-state index in [1.807, 2.05) is 24.3 Å². The first-order valence-corrected chi connectivity index (χ1v) is 6.47. The van der Waals surface area contributed by atoms with E-state index < -0.39 is 0 Å². The van der Waals surface area contributed by atoms with Gasteiger partial charge in [0.25, 0.3) is 0 Å². The van der Waals surface area contributed by atoms with Gasteiger partial charge in [-0.3, -0.25) is 5.43 Å². The molecule has 0 atom stereocenters. The Kier molecular flexibility index (Phi) is 3.57. The summed E-state index contributed by atoms with van der Waals surface area (Å²) in [6, 6.07) is 7.96. The minimum absolute atomic E-state index is 0.0169. The van der Waals surface area contributed by atoms with E-state index in [1.165, 1.54) is 0 Å². The van der Waals surface area contributed by atoms with E-state index in [2.05, 4.69) is 48.1 Å². The highest BCUT2D eigenvalue weighted by Crippen LogP contribution is 2.30. The van der Waals surface area contributed by atoms with Crippen LogP contribution in [0.3, 0.4) is 0 Å². The van der Waals surface area contributed by atoms with Crippen molar-refractivity contribution in [3.63, 3.8) is 0 Å². The van der Waals surface area contributed by atoms with Gasteiger partial charge in [0.05, 0.1) is 5.52 Å². The first-order valence-electron chi connectivity index (χ1n) is 6.47. The van der Waals surface area contributed by atoms with Gasteiger partial charge in [0.15, 0.2) is 0 Å². The normalized spacial score (nSPS) is 11.6. The summed E-state index contributed by atoms with van der Waals surface area (Å²) in [7, 11) is 2.05. The van der Waals surface area contributed by atoms with E-state index in [0.29, 0.717) is 5.95 Å². The molecule has 0 amide bonds. The van der Waals surface area contributed by atoms with Crippen molar-refractivity contribution in [2.24, 2.45) is 5.84 Å². The lowest BCUT2D eigenvalue weighted by Crippen LogP contribution is -2.41. The molecule has 0 aliphatic carbocycles. The third-order valence-corrected chi connectivity index (χ3v) is 3.80. The van der Waals surface area contributed by atoms with Crippen molar-refractivity contribution in [3.05, 3.63) is 24.3 Å². The Morgan fingerprint density at radius 1 is 1.26 bits per heavy atom. The molecule has 0 unspecified atom stereocenters. The van der Waals surface area contributed by atoms with Crippen LogP contribution in [0.4, 0.5) is 11.8 Å². The van der Waals surface area contributed by atoms with Crippen LogP contribution in [-0.2, 0) is 0 Å². The van der Waals surface area contributed by atoms with E-state index in [0.717, 1.165) is 23.1 Å². The second-order valence-corrected chi connectivity index (χ2v) is 5.26. The second kappa shape index (κ2) is 5.01. The topological polar surface area (TPSA) is 67.1 Å². The molecule has 1 aromatic carbocycles. The van der Waals surface area contributed by atoms with Crippen LogP contribution in [0.5, 0.6) is 0 Å². The van der Waals surface area contributed by atoms with Gasteiger partial charge < -0.3 is 4.90 Å². The summed E-state index contributed by atoms with van der Waals surface area (Å²) in [5, 5.41) is 1.03. The van der Waals surface area contributed by atoms with Gasteiger partial charge >= 0.3 is 0 Å². The number of nitrogens with two attached hydrogens (primary N) is 1. The zero-order valence-corrected chi connectivity index (χ0v) is 11.9. The summed E-state index contributed by atoms with van der Waals surface area (Å²) in [4.78, 5) is 11.1. The molecule has 0 aliphatic rings. The molecule has 102 valence electrons. The van der Waals surface area contributed by atoms with Crippen LogP contribution in [0.25, 0.3) is 10.9 Å². The Hall–Kier alpha value is -1.88. The Labute approximate surface area is 113 Å². The molecule has 0 aliphatic heterocycles. The highest BCUT2D eigenvalue weighted by atomic mass is 15.3. The zero-order valence-electron chi connectivity index (χ0n) is 11.9. The predicted octanol–water partition coefficient (Wildman–Crippen LogP) is 2.54. The Morgan fingerprint density at radius 2 is 1.95 bits per heavy atom. The van der Waals surface area contributed by atoms with Crippen molar-refractivity contribution >= 4 is 22.7 Å². The van der Waals surface area contributed by atoms with Gasteiger partial charge in [-0.15, -0.1) is 0 Å². The van der Waals surface area contributed by atoms with Crippen LogP contribution in [0, 0.1) is 0 Å². The van der Waals surface area contributed by atoms with Gasteiger partial charge in [-0.2, -0.15) is 4.98 Å². The van der Waals surface area contributed by atoms with Gasteiger partial charge in [-0.25, -0.2) is 10.8 Å². The highest BCUT2D eigenvalue weighted by molar-refractivity contribution is 5.90. The minimum atomic E-state index is 0.0169. The third-order valence-electron chi connectivity index (χ3n) is 3.80. The zero-order chi connectivity index (χ0) is 14.0. The molecule has 2 aromatic rings. The minimum Gasteiger partial charge on any atom is -0.354 e. The maximum absolute atomic E-state index is 5.46. The standard InChI is InChI=1S/C14H21N5/c1-5-14(2,3)19(4)12-10-8-6-7-9-11(10)16-13(17-12)18-15/h6-9H,5,15H2,1-4H3,(H,16,17,18). The fraction of sp³-hybridized carbons (Fsp3) is 0.429. The molecule has 0 saturated carbocycles. The summed E-state index contributed by atoms with van der Waals surface area (Å²) in [5.41, 5.74) is 3.44. The average Bonchev–Trinajstić information content (AvgIpc) is 2.45. The van der Waals surface area contributed by atoms with Crippen molar-refractivity contribution in [1.82, 2.24) is 9.97 Å². The molecular formula is C14H21N5. The van der Waals surface area contributed by atoms with Gasteiger partial charge in [-0.1, -0.05) is 19.1 Å². The SMILES string of the molecule is CCC(C)(C)N(C)c1nc(NN)nc2ccccc12. The van der Waals surface area contributed by atoms with Crippen LogP contribution < -0.4 is 16.2 Å². The molecule has 2 rings (SSSR count). The smallest absolute Gasteiger partial charge is 0.239 e. The molecule has 0 fully saturated rings. The first kappa shape index (κ1) is 13.5. The van der Waals surface area contributed by atoms with Crippen LogP contribution in [-0.4, -0.2) is 22.6 Å². The van der Waals surface area contributed by atoms with Gasteiger partial charge in [-0.05, 0) is 32.4 Å². The molecule has 0 radical (unpaired) electrons. The first-order chi connectivity index (χ1) is 8.99. The summed E-state index contributed by atoms with van der Waals surface area (Å²) in [6.45, 7) is 6.56. The number of nitrogens with zero attached hydrogens (tertiary/aromatic N) is 3. The highest BCUT2D eigenvalue weighted by Gasteiger charge is 2.24. The summed E-state index contributed by atoms with van der Waals surface area (Å²) in [6.07, 6.45) is 1.02. The number of benzene rings is 1. The molecule has 0 saturated heterocycles. The van der Waals surface area contributed by atoms with Crippen LogP contribution in [0.1, 0.15) is 27.2 Å². The number of hydrogen-bond donors (Lipinski definition) is 2. The van der Waals surface area contributed by atoms with E-state index in [9.17, 15) is 0 Å². The number of anilines is 2. The summed E-state index contributed by atoms with van der Waals surface area (Å²) in [5.74, 6) is 6.79. The van der Waals surface area contributed by atoms with Crippen molar-refractivity contribution in [2.75, 3.05) is 17.4 Å². The second-order valence-electron chi connectivity index (χ2n) is 5.26. The Balaban J connectivity index is 2.64. The molecular weight excluding hydrogens is 238 g/mol.